The molecule has 1 aromatic rings. The van der Waals surface area contributed by atoms with Gasteiger partial charge >= 0.3 is 0 Å². The van der Waals surface area contributed by atoms with Crippen molar-refractivity contribution in [2.24, 2.45) is 0 Å². The maximum Gasteiger partial charge on any atom is 0.191 e. The number of hydrogen-bond donors (Lipinski definition) is 1. The quantitative estimate of drug-likeness (QED) is 0.779. The average molecular weight is 254 g/mol. The Bertz CT molecular complexity index is 362. The summed E-state index contributed by atoms with van der Waals surface area (Å²) in [7, 11) is 0. The number of benzene rings is 1. The van der Waals surface area contributed by atoms with Crippen LogP contribution in [0.4, 0.5) is 0 Å². The van der Waals surface area contributed by atoms with Crippen molar-refractivity contribution >= 4 is 0 Å². The van der Waals surface area contributed by atoms with Gasteiger partial charge in [-0.1, -0.05) is 12.1 Å². The standard InChI is InChI=1S/C13H18O5/c1-2-15-13(14)10-4-3-5-11(8-10)18-9-12-16-6-7-17-12/h3-5,8,12-14H,2,6-7,9H2,1H3. The Labute approximate surface area is 106 Å². The van der Waals surface area contributed by atoms with E-state index in [0.29, 0.717) is 37.7 Å². The Morgan fingerprint density at radius 1 is 1.39 bits per heavy atom. The van der Waals surface area contributed by atoms with Gasteiger partial charge in [-0.3, -0.25) is 0 Å². The smallest absolute Gasteiger partial charge is 0.191 e. The lowest BCUT2D eigenvalue weighted by atomic mass is 10.2. The van der Waals surface area contributed by atoms with E-state index in [1.807, 2.05) is 19.1 Å². The van der Waals surface area contributed by atoms with E-state index < -0.39 is 6.29 Å². The van der Waals surface area contributed by atoms with Crippen molar-refractivity contribution < 1.29 is 24.1 Å². The summed E-state index contributed by atoms with van der Waals surface area (Å²) < 4.78 is 21.2. The molecule has 1 unspecified atom stereocenters. The van der Waals surface area contributed by atoms with Gasteiger partial charge in [0.1, 0.15) is 12.4 Å². The molecule has 18 heavy (non-hydrogen) atoms. The molecule has 1 aromatic carbocycles. The monoisotopic (exact) mass is 254 g/mol. The molecule has 0 spiro atoms. The second-order valence-electron chi connectivity index (χ2n) is 3.86. The summed E-state index contributed by atoms with van der Waals surface area (Å²) in [6.45, 7) is 3.84. The molecule has 0 aliphatic carbocycles. The van der Waals surface area contributed by atoms with Crippen molar-refractivity contribution in [3.63, 3.8) is 0 Å². The van der Waals surface area contributed by atoms with Crippen LogP contribution in [0.5, 0.6) is 5.75 Å². The van der Waals surface area contributed by atoms with E-state index in [2.05, 4.69) is 0 Å². The van der Waals surface area contributed by atoms with Crippen molar-refractivity contribution in [2.45, 2.75) is 19.5 Å². The molecule has 1 atom stereocenters. The first kappa shape index (κ1) is 13.3. The zero-order chi connectivity index (χ0) is 12.8. The van der Waals surface area contributed by atoms with Gasteiger partial charge in [-0.2, -0.15) is 0 Å². The molecule has 5 heteroatoms. The number of aliphatic hydroxyl groups excluding tert-OH is 1. The second-order valence-corrected chi connectivity index (χ2v) is 3.86. The molecule has 1 heterocycles. The van der Waals surface area contributed by atoms with Crippen molar-refractivity contribution in [3.8, 4) is 5.75 Å². The van der Waals surface area contributed by atoms with E-state index in [0.717, 1.165) is 0 Å². The van der Waals surface area contributed by atoms with E-state index in [-0.39, 0.29) is 6.29 Å². The van der Waals surface area contributed by atoms with Crippen LogP contribution in [0, 0.1) is 0 Å². The lowest BCUT2D eigenvalue weighted by Gasteiger charge is -2.14. The summed E-state index contributed by atoms with van der Waals surface area (Å²) >= 11 is 0. The lowest BCUT2D eigenvalue weighted by molar-refractivity contribution is -0.0982. The Morgan fingerprint density at radius 2 is 2.17 bits per heavy atom. The first-order valence-electron chi connectivity index (χ1n) is 6.05. The fraction of sp³-hybridized carbons (Fsp3) is 0.538. The van der Waals surface area contributed by atoms with Crippen molar-refractivity contribution in [2.75, 3.05) is 26.4 Å². The fourth-order valence-electron chi connectivity index (χ4n) is 1.68. The van der Waals surface area contributed by atoms with E-state index >= 15 is 0 Å². The summed E-state index contributed by atoms with van der Waals surface area (Å²) in [6, 6.07) is 7.16. The third-order valence-electron chi connectivity index (χ3n) is 2.54. The summed E-state index contributed by atoms with van der Waals surface area (Å²) in [4.78, 5) is 0. The van der Waals surface area contributed by atoms with Gasteiger partial charge in [0.25, 0.3) is 0 Å². The average Bonchev–Trinajstić information content (AvgIpc) is 2.90. The van der Waals surface area contributed by atoms with Gasteiger partial charge in [-0.15, -0.1) is 0 Å². The van der Waals surface area contributed by atoms with Gasteiger partial charge in [0.15, 0.2) is 12.6 Å². The molecule has 2 rings (SSSR count). The van der Waals surface area contributed by atoms with Gasteiger partial charge < -0.3 is 24.1 Å². The van der Waals surface area contributed by atoms with Gasteiger partial charge in [0, 0.05) is 12.2 Å². The minimum atomic E-state index is -0.919. The Balaban J connectivity index is 1.89. The highest BCUT2D eigenvalue weighted by Crippen LogP contribution is 2.20. The highest BCUT2D eigenvalue weighted by Gasteiger charge is 2.16. The van der Waals surface area contributed by atoms with Crippen molar-refractivity contribution in [1.29, 1.82) is 0 Å². The van der Waals surface area contributed by atoms with Gasteiger partial charge in [-0.25, -0.2) is 0 Å². The summed E-state index contributed by atoms with van der Waals surface area (Å²) in [6.07, 6.45) is -1.22. The minimum absolute atomic E-state index is 0.300. The molecule has 0 amide bonds. The second kappa shape index (κ2) is 6.70. The SMILES string of the molecule is CCOC(O)c1cccc(OCC2OCCO2)c1. The van der Waals surface area contributed by atoms with Crippen molar-refractivity contribution in [1.82, 2.24) is 0 Å². The van der Waals surface area contributed by atoms with Crippen LogP contribution in [0.2, 0.25) is 0 Å². The zero-order valence-electron chi connectivity index (χ0n) is 10.4. The molecule has 1 N–H and O–H groups in total. The van der Waals surface area contributed by atoms with Crippen molar-refractivity contribution in [3.05, 3.63) is 29.8 Å². The molecule has 1 aliphatic heterocycles. The summed E-state index contributed by atoms with van der Waals surface area (Å²) in [5.41, 5.74) is 0.669. The molecule has 1 saturated heterocycles. The molecule has 5 nitrogen and oxygen atoms in total. The van der Waals surface area contributed by atoms with E-state index in [1.54, 1.807) is 12.1 Å². The fourth-order valence-corrected chi connectivity index (χ4v) is 1.68. The number of hydrogen-bond acceptors (Lipinski definition) is 5. The predicted octanol–water partition coefficient (Wildman–Crippen LogP) is 1.47. The highest BCUT2D eigenvalue weighted by molar-refractivity contribution is 5.29. The van der Waals surface area contributed by atoms with Crippen LogP contribution in [0.15, 0.2) is 24.3 Å². The first-order chi connectivity index (χ1) is 8.79. The summed E-state index contributed by atoms with van der Waals surface area (Å²) in [5, 5.41) is 9.70. The molecule has 1 aliphatic rings. The van der Waals surface area contributed by atoms with Crippen LogP contribution in [0.25, 0.3) is 0 Å². The Hall–Kier alpha value is -1.14. The zero-order valence-corrected chi connectivity index (χ0v) is 10.4. The molecule has 0 bridgehead atoms. The Kier molecular flexibility index (Phi) is 4.95. The molecular formula is C13H18O5. The van der Waals surface area contributed by atoms with Gasteiger partial charge in [0.05, 0.1) is 13.2 Å². The third-order valence-corrected chi connectivity index (χ3v) is 2.54. The van der Waals surface area contributed by atoms with E-state index in [1.165, 1.54) is 0 Å². The van der Waals surface area contributed by atoms with Gasteiger partial charge in [-0.05, 0) is 19.1 Å². The first-order valence-corrected chi connectivity index (χ1v) is 6.05. The number of aliphatic hydroxyl groups is 1. The van der Waals surface area contributed by atoms with Gasteiger partial charge in [0.2, 0.25) is 0 Å². The number of rotatable bonds is 6. The topological polar surface area (TPSA) is 57.2 Å². The summed E-state index contributed by atoms with van der Waals surface area (Å²) in [5.74, 6) is 0.658. The van der Waals surface area contributed by atoms with E-state index in [4.69, 9.17) is 18.9 Å². The normalized spacial score (nSPS) is 17.9. The minimum Gasteiger partial charge on any atom is -0.488 e. The van der Waals surface area contributed by atoms with Crippen LogP contribution in [0.3, 0.4) is 0 Å². The molecular weight excluding hydrogens is 236 g/mol. The molecule has 0 saturated carbocycles. The molecule has 100 valence electrons. The third kappa shape index (κ3) is 3.68. The van der Waals surface area contributed by atoms with Crippen LogP contribution >= 0.6 is 0 Å². The molecule has 1 fully saturated rings. The van der Waals surface area contributed by atoms with Crippen LogP contribution < -0.4 is 4.74 Å². The van der Waals surface area contributed by atoms with Crippen LogP contribution in [-0.2, 0) is 14.2 Å². The Morgan fingerprint density at radius 3 is 2.89 bits per heavy atom. The largest absolute Gasteiger partial charge is 0.488 e. The number of ether oxygens (including phenoxy) is 4. The van der Waals surface area contributed by atoms with E-state index in [9.17, 15) is 5.11 Å². The predicted molar refractivity (Wildman–Crippen MR) is 64.2 cm³/mol. The highest BCUT2D eigenvalue weighted by atomic mass is 16.7. The lowest BCUT2D eigenvalue weighted by Crippen LogP contribution is -2.18. The molecule has 0 aromatic heterocycles. The maximum atomic E-state index is 9.70. The van der Waals surface area contributed by atoms with Crippen LogP contribution in [-0.4, -0.2) is 37.8 Å². The van der Waals surface area contributed by atoms with Crippen LogP contribution in [0.1, 0.15) is 18.8 Å². The maximum absolute atomic E-state index is 9.70. The molecule has 0 radical (unpaired) electrons.